The number of allylic oxidation sites excluding steroid dienone is 3. The Morgan fingerprint density at radius 2 is 0.653 bits per heavy atom. The van der Waals surface area contributed by atoms with Gasteiger partial charge in [0.15, 0.2) is 6.29 Å². The molecule has 1 aliphatic rings. The summed E-state index contributed by atoms with van der Waals surface area (Å²) in [5, 5.41) is 54.7. The summed E-state index contributed by atoms with van der Waals surface area (Å²) in [7, 11) is 0. The molecule has 1 saturated heterocycles. The van der Waals surface area contributed by atoms with Gasteiger partial charge in [-0.25, -0.2) is 0 Å². The highest BCUT2D eigenvalue weighted by molar-refractivity contribution is 5.76. The first-order chi connectivity index (χ1) is 48.2. The van der Waals surface area contributed by atoms with Gasteiger partial charge in [-0.15, -0.1) is 0 Å². The van der Waals surface area contributed by atoms with Gasteiger partial charge < -0.3 is 45.1 Å². The summed E-state index contributed by atoms with van der Waals surface area (Å²) in [5.41, 5.74) is 0. The fourth-order valence-electron chi connectivity index (χ4n) is 14.3. The Labute approximate surface area is 607 Å². The molecule has 0 spiro atoms. The summed E-state index contributed by atoms with van der Waals surface area (Å²) >= 11 is 0. The molecule has 0 saturated carbocycles. The lowest BCUT2D eigenvalue weighted by molar-refractivity contribution is -0.302. The van der Waals surface area contributed by atoms with Crippen LogP contribution in [0.25, 0.3) is 0 Å². The Kier molecular flexibility index (Phi) is 73.3. The van der Waals surface area contributed by atoms with Gasteiger partial charge in [0.2, 0.25) is 5.91 Å². The molecule has 0 bridgehead atoms. The van der Waals surface area contributed by atoms with Gasteiger partial charge in [0, 0.05) is 12.8 Å². The van der Waals surface area contributed by atoms with Crippen molar-refractivity contribution >= 4 is 11.9 Å². The summed E-state index contributed by atoms with van der Waals surface area (Å²) < 4.78 is 16.8. The van der Waals surface area contributed by atoms with Crippen molar-refractivity contribution < 1.29 is 49.3 Å². The van der Waals surface area contributed by atoms with Crippen LogP contribution < -0.4 is 5.32 Å². The Hall–Kier alpha value is -1.86. The molecule has 1 heterocycles. The van der Waals surface area contributed by atoms with Crippen LogP contribution in [0.1, 0.15) is 457 Å². The minimum Gasteiger partial charge on any atom is -0.466 e. The molecule has 7 atom stereocenters. The largest absolute Gasteiger partial charge is 0.466 e. The molecule has 11 nitrogen and oxygen atoms in total. The first kappa shape index (κ1) is 94.2. The smallest absolute Gasteiger partial charge is 0.305 e. The van der Waals surface area contributed by atoms with Crippen molar-refractivity contribution in [1.82, 2.24) is 5.32 Å². The molecule has 7 unspecified atom stereocenters. The second-order valence-electron chi connectivity index (χ2n) is 30.6. The van der Waals surface area contributed by atoms with Crippen LogP contribution in [-0.4, -0.2) is 100 Å². The lowest BCUT2D eigenvalue weighted by Gasteiger charge is -2.40. The first-order valence-corrected chi connectivity index (χ1v) is 43.6. The van der Waals surface area contributed by atoms with Crippen LogP contribution in [0.5, 0.6) is 0 Å². The number of nitrogens with one attached hydrogen (secondary N) is 1. The van der Waals surface area contributed by atoms with Gasteiger partial charge in [0.25, 0.3) is 0 Å². The minimum atomic E-state index is -1.57. The number of unbranched alkanes of at least 4 members (excludes halogenated alkanes) is 63. The van der Waals surface area contributed by atoms with Gasteiger partial charge in [-0.05, 0) is 57.8 Å². The second kappa shape index (κ2) is 76.3. The summed E-state index contributed by atoms with van der Waals surface area (Å²) in [5.74, 6) is -0.156. The Morgan fingerprint density at radius 3 is 0.980 bits per heavy atom. The maximum atomic E-state index is 13.1. The predicted octanol–water partition coefficient (Wildman–Crippen LogP) is 24.3. The number of ether oxygens (including phenoxy) is 3. The van der Waals surface area contributed by atoms with E-state index < -0.39 is 49.5 Å². The quantitative estimate of drug-likeness (QED) is 0.0195. The zero-order valence-corrected chi connectivity index (χ0v) is 65.0. The molecule has 1 rings (SSSR count). The minimum absolute atomic E-state index is 0.0161. The third-order valence-electron chi connectivity index (χ3n) is 21.1. The van der Waals surface area contributed by atoms with Crippen LogP contribution >= 0.6 is 0 Å². The van der Waals surface area contributed by atoms with Gasteiger partial charge in [0.1, 0.15) is 24.4 Å². The molecule has 0 aromatic heterocycles. The molecule has 1 amide bonds. The highest BCUT2D eigenvalue weighted by Gasteiger charge is 2.44. The summed E-state index contributed by atoms with van der Waals surface area (Å²) in [6.07, 6.45) is 89.5. The van der Waals surface area contributed by atoms with E-state index in [0.29, 0.717) is 19.4 Å². The van der Waals surface area contributed by atoms with E-state index >= 15 is 0 Å². The summed E-state index contributed by atoms with van der Waals surface area (Å²) in [6, 6.07) is -0.805. The third kappa shape index (κ3) is 63.8. The van der Waals surface area contributed by atoms with Crippen molar-refractivity contribution in [2.45, 2.75) is 500 Å². The molecular weight excluding hydrogens is 1220 g/mol. The normalized spacial score (nSPS) is 17.2. The van der Waals surface area contributed by atoms with Crippen molar-refractivity contribution in [3.05, 3.63) is 24.3 Å². The number of hydrogen-bond acceptors (Lipinski definition) is 10. The Bertz CT molecular complexity index is 1680. The number of rotatable bonds is 79. The van der Waals surface area contributed by atoms with E-state index in [1.807, 2.05) is 6.08 Å². The Balaban J connectivity index is 1.86. The van der Waals surface area contributed by atoms with E-state index in [-0.39, 0.29) is 18.5 Å². The summed E-state index contributed by atoms with van der Waals surface area (Å²) in [6.45, 7) is 4.41. The lowest BCUT2D eigenvalue weighted by atomic mass is 9.99. The van der Waals surface area contributed by atoms with Gasteiger partial charge >= 0.3 is 5.97 Å². The highest BCUT2D eigenvalue weighted by Crippen LogP contribution is 2.24. The van der Waals surface area contributed by atoms with Crippen molar-refractivity contribution in [2.24, 2.45) is 0 Å². The van der Waals surface area contributed by atoms with E-state index in [2.05, 4.69) is 31.3 Å². The molecule has 1 aliphatic heterocycles. The number of carbonyl (C=O) groups is 2. The molecule has 1 fully saturated rings. The zero-order chi connectivity index (χ0) is 70.8. The van der Waals surface area contributed by atoms with E-state index in [1.54, 1.807) is 6.08 Å². The van der Waals surface area contributed by atoms with E-state index in [1.165, 1.54) is 372 Å². The molecular formula is C87H167NO10. The third-order valence-corrected chi connectivity index (χ3v) is 21.1. The standard InChI is InChI=1S/C87H167NO10/c1-3-5-7-9-11-13-15-17-19-43-47-51-55-59-63-67-71-75-83(92)96-76-72-68-64-60-56-52-48-45-42-40-38-36-34-32-30-28-26-24-22-20-21-23-25-27-29-31-33-35-37-39-41-44-46-50-54-58-62-66-70-74-82(91)88-79(78-97-87-86(95)85(94)84(93)81(77-89)98-87)80(90)73-69-65-61-57-53-49-18-16-14-12-10-8-6-4-2/h17,19,69,73,79-81,84-87,89-90,93-95H,3-16,18,20-68,70-72,74-78H2,1-2H3,(H,88,91)/b19-17-,73-69+. The van der Waals surface area contributed by atoms with Crippen LogP contribution in [0, 0.1) is 0 Å². The fourth-order valence-corrected chi connectivity index (χ4v) is 14.3. The number of esters is 1. The maximum Gasteiger partial charge on any atom is 0.305 e. The number of carbonyl (C=O) groups excluding carboxylic acids is 2. The number of amides is 1. The zero-order valence-electron chi connectivity index (χ0n) is 65.0. The molecule has 0 aromatic rings. The van der Waals surface area contributed by atoms with Gasteiger partial charge in [0.05, 0.1) is 32.0 Å². The highest BCUT2D eigenvalue weighted by atomic mass is 16.7. The molecule has 580 valence electrons. The van der Waals surface area contributed by atoms with E-state index in [4.69, 9.17) is 14.2 Å². The van der Waals surface area contributed by atoms with Crippen molar-refractivity contribution in [3.63, 3.8) is 0 Å². The van der Waals surface area contributed by atoms with Crippen LogP contribution in [0.3, 0.4) is 0 Å². The fraction of sp³-hybridized carbons (Fsp3) is 0.931. The molecule has 0 aromatic carbocycles. The lowest BCUT2D eigenvalue weighted by Crippen LogP contribution is -2.60. The average Bonchev–Trinajstić information content (AvgIpc) is 0.833. The van der Waals surface area contributed by atoms with Crippen LogP contribution in [-0.2, 0) is 23.8 Å². The number of aliphatic hydroxyl groups excluding tert-OH is 5. The van der Waals surface area contributed by atoms with Crippen molar-refractivity contribution in [1.29, 1.82) is 0 Å². The second-order valence-corrected chi connectivity index (χ2v) is 30.6. The van der Waals surface area contributed by atoms with Gasteiger partial charge in [-0.3, -0.25) is 9.59 Å². The van der Waals surface area contributed by atoms with Crippen molar-refractivity contribution in [3.8, 4) is 0 Å². The molecule has 0 radical (unpaired) electrons. The molecule has 0 aliphatic carbocycles. The van der Waals surface area contributed by atoms with Crippen LogP contribution in [0.2, 0.25) is 0 Å². The van der Waals surface area contributed by atoms with Crippen LogP contribution in [0.15, 0.2) is 24.3 Å². The number of hydrogen-bond donors (Lipinski definition) is 6. The molecule has 6 N–H and O–H groups in total. The number of aliphatic hydroxyl groups is 5. The van der Waals surface area contributed by atoms with E-state index in [0.717, 1.165) is 57.8 Å². The first-order valence-electron chi connectivity index (χ1n) is 43.6. The van der Waals surface area contributed by atoms with Crippen LogP contribution in [0.4, 0.5) is 0 Å². The van der Waals surface area contributed by atoms with E-state index in [9.17, 15) is 35.1 Å². The van der Waals surface area contributed by atoms with Gasteiger partial charge in [-0.2, -0.15) is 0 Å². The SMILES string of the molecule is CCCCCCCC/C=C\CCCCCCCCCC(=O)OCCCCCCCCCCCCCCCCCCCCCCCCCCCCCCCCCCCCCCCCCC(=O)NC(COC1OC(CO)C(O)C(O)C1O)C(O)/C=C/CCCCCCCCCCCCCC. The van der Waals surface area contributed by atoms with Crippen molar-refractivity contribution in [2.75, 3.05) is 19.8 Å². The topological polar surface area (TPSA) is 175 Å². The van der Waals surface area contributed by atoms with Gasteiger partial charge in [-0.1, -0.05) is 411 Å². The Morgan fingerprint density at radius 1 is 0.367 bits per heavy atom. The molecule has 11 heteroatoms. The monoisotopic (exact) mass is 1390 g/mol. The predicted molar refractivity (Wildman–Crippen MR) is 417 cm³/mol. The molecule has 98 heavy (non-hydrogen) atoms. The summed E-state index contributed by atoms with van der Waals surface area (Å²) in [4.78, 5) is 25.2. The maximum absolute atomic E-state index is 13.1. The average molecular weight is 1390 g/mol.